The Morgan fingerprint density at radius 1 is 1.33 bits per heavy atom. The number of carbonyl (C=O) groups excluding carboxylic acids is 2. The van der Waals surface area contributed by atoms with Crippen LogP contribution in [0.5, 0.6) is 0 Å². The van der Waals surface area contributed by atoms with E-state index >= 15 is 0 Å². The van der Waals surface area contributed by atoms with Crippen molar-refractivity contribution in [3.8, 4) is 0 Å². The summed E-state index contributed by atoms with van der Waals surface area (Å²) in [5, 5.41) is 0. The maximum absolute atomic E-state index is 12.5. The topological polar surface area (TPSA) is 37.4 Å². The van der Waals surface area contributed by atoms with Crippen LogP contribution in [0.2, 0.25) is 0 Å². The summed E-state index contributed by atoms with van der Waals surface area (Å²) in [4.78, 5) is 26.4. The molecule has 0 aromatic heterocycles. The highest BCUT2D eigenvalue weighted by Gasteiger charge is 2.59. The van der Waals surface area contributed by atoms with Crippen molar-refractivity contribution < 1.29 is 9.59 Å². The SMILES string of the molecule is C=C(C)CC(C)N1C(=O)C2C3C=CC(C3)C2C1=O. The molecule has 3 rings (SSSR count). The lowest BCUT2D eigenvalue weighted by Crippen LogP contribution is -2.40. The smallest absolute Gasteiger partial charge is 0.233 e. The zero-order chi connectivity index (χ0) is 13.0. The molecule has 2 fully saturated rings. The van der Waals surface area contributed by atoms with E-state index in [0.29, 0.717) is 18.3 Å². The van der Waals surface area contributed by atoms with Gasteiger partial charge in [-0.05, 0) is 38.5 Å². The van der Waals surface area contributed by atoms with E-state index in [-0.39, 0.29) is 29.7 Å². The fourth-order valence-corrected chi connectivity index (χ4v) is 3.96. The Kier molecular flexibility index (Phi) is 2.47. The van der Waals surface area contributed by atoms with Crippen LogP contribution in [0.4, 0.5) is 0 Å². The highest BCUT2D eigenvalue weighted by atomic mass is 16.2. The number of hydrogen-bond donors (Lipinski definition) is 0. The van der Waals surface area contributed by atoms with Crippen LogP contribution in [-0.4, -0.2) is 22.8 Å². The Morgan fingerprint density at radius 2 is 1.83 bits per heavy atom. The molecule has 2 aliphatic carbocycles. The van der Waals surface area contributed by atoms with Crippen LogP contribution in [0, 0.1) is 23.7 Å². The summed E-state index contributed by atoms with van der Waals surface area (Å²) in [7, 11) is 0. The van der Waals surface area contributed by atoms with E-state index in [1.807, 2.05) is 13.8 Å². The highest BCUT2D eigenvalue weighted by molar-refractivity contribution is 6.06. The van der Waals surface area contributed by atoms with E-state index in [2.05, 4.69) is 18.7 Å². The van der Waals surface area contributed by atoms with E-state index in [1.165, 1.54) is 4.90 Å². The molecule has 1 saturated carbocycles. The van der Waals surface area contributed by atoms with Gasteiger partial charge in [-0.2, -0.15) is 0 Å². The van der Waals surface area contributed by atoms with Crippen molar-refractivity contribution in [3.05, 3.63) is 24.3 Å². The minimum Gasteiger partial charge on any atom is -0.279 e. The van der Waals surface area contributed by atoms with E-state index in [1.54, 1.807) is 0 Å². The lowest BCUT2D eigenvalue weighted by Gasteiger charge is -2.24. The Labute approximate surface area is 108 Å². The molecule has 1 aliphatic heterocycles. The van der Waals surface area contributed by atoms with Gasteiger partial charge < -0.3 is 0 Å². The van der Waals surface area contributed by atoms with Gasteiger partial charge in [-0.3, -0.25) is 14.5 Å². The number of rotatable bonds is 3. The van der Waals surface area contributed by atoms with Crippen molar-refractivity contribution >= 4 is 11.8 Å². The van der Waals surface area contributed by atoms with Crippen LogP contribution in [0.1, 0.15) is 26.7 Å². The summed E-state index contributed by atoms with van der Waals surface area (Å²) in [6.07, 6.45) is 5.96. The van der Waals surface area contributed by atoms with Crippen molar-refractivity contribution in [3.63, 3.8) is 0 Å². The normalized spacial score (nSPS) is 38.4. The second-order valence-corrected chi connectivity index (χ2v) is 6.06. The molecule has 0 N–H and O–H groups in total. The van der Waals surface area contributed by atoms with Gasteiger partial charge >= 0.3 is 0 Å². The van der Waals surface area contributed by atoms with Crippen molar-refractivity contribution in [2.45, 2.75) is 32.7 Å². The van der Waals surface area contributed by atoms with Gasteiger partial charge in [0.2, 0.25) is 11.8 Å². The quantitative estimate of drug-likeness (QED) is 0.564. The zero-order valence-corrected chi connectivity index (χ0v) is 10.9. The summed E-state index contributed by atoms with van der Waals surface area (Å²) >= 11 is 0. The molecule has 3 heteroatoms. The van der Waals surface area contributed by atoms with E-state index in [9.17, 15) is 9.59 Å². The number of amides is 2. The van der Waals surface area contributed by atoms with E-state index < -0.39 is 0 Å². The van der Waals surface area contributed by atoms with Gasteiger partial charge in [-0.25, -0.2) is 0 Å². The van der Waals surface area contributed by atoms with Crippen LogP contribution in [0.3, 0.4) is 0 Å². The average molecular weight is 245 g/mol. The van der Waals surface area contributed by atoms with Gasteiger partial charge in [-0.15, -0.1) is 6.58 Å². The minimum absolute atomic E-state index is 0.0486. The predicted molar refractivity (Wildman–Crippen MR) is 68.5 cm³/mol. The van der Waals surface area contributed by atoms with Crippen molar-refractivity contribution in [2.24, 2.45) is 23.7 Å². The monoisotopic (exact) mass is 245 g/mol. The molecular formula is C15H19NO2. The Hall–Kier alpha value is -1.38. The third-order valence-electron chi connectivity index (χ3n) is 4.59. The van der Waals surface area contributed by atoms with Crippen LogP contribution >= 0.6 is 0 Å². The molecule has 18 heavy (non-hydrogen) atoms. The van der Waals surface area contributed by atoms with Crippen LogP contribution in [-0.2, 0) is 9.59 Å². The summed E-state index contributed by atoms with van der Waals surface area (Å²) in [6.45, 7) is 7.75. The largest absolute Gasteiger partial charge is 0.279 e. The van der Waals surface area contributed by atoms with E-state index in [0.717, 1.165) is 12.0 Å². The summed E-state index contributed by atoms with van der Waals surface area (Å²) in [5.41, 5.74) is 1.02. The van der Waals surface area contributed by atoms with Crippen molar-refractivity contribution in [1.82, 2.24) is 4.90 Å². The van der Waals surface area contributed by atoms with Crippen LogP contribution in [0.25, 0.3) is 0 Å². The molecule has 5 unspecified atom stereocenters. The molecular weight excluding hydrogens is 226 g/mol. The fourth-order valence-electron chi connectivity index (χ4n) is 3.96. The molecule has 0 spiro atoms. The number of carbonyl (C=O) groups is 2. The third-order valence-corrected chi connectivity index (χ3v) is 4.59. The molecule has 2 bridgehead atoms. The number of likely N-dealkylation sites (tertiary alicyclic amines) is 1. The first kappa shape index (κ1) is 11.7. The number of fused-ring (bicyclic) bond motifs is 5. The molecule has 0 radical (unpaired) electrons. The summed E-state index contributed by atoms with van der Waals surface area (Å²) < 4.78 is 0. The Bertz CT molecular complexity index is 435. The van der Waals surface area contributed by atoms with Gasteiger partial charge in [0, 0.05) is 6.04 Å². The molecule has 1 saturated heterocycles. The average Bonchev–Trinajstić information content (AvgIpc) is 2.91. The van der Waals surface area contributed by atoms with E-state index in [4.69, 9.17) is 0 Å². The maximum Gasteiger partial charge on any atom is 0.233 e. The molecule has 0 aromatic carbocycles. The van der Waals surface area contributed by atoms with Crippen LogP contribution < -0.4 is 0 Å². The van der Waals surface area contributed by atoms with Crippen molar-refractivity contribution in [2.75, 3.05) is 0 Å². The molecule has 1 heterocycles. The zero-order valence-electron chi connectivity index (χ0n) is 10.9. The molecule has 0 aromatic rings. The second-order valence-electron chi connectivity index (χ2n) is 6.06. The molecule has 96 valence electrons. The van der Waals surface area contributed by atoms with Gasteiger partial charge in [0.25, 0.3) is 0 Å². The highest BCUT2D eigenvalue weighted by Crippen LogP contribution is 2.52. The lowest BCUT2D eigenvalue weighted by molar-refractivity contribution is -0.143. The molecule has 2 amide bonds. The van der Waals surface area contributed by atoms with Gasteiger partial charge in [0.15, 0.2) is 0 Å². The number of imide groups is 1. The standard InChI is InChI=1S/C15H19NO2/c1-8(2)6-9(3)16-14(17)12-10-4-5-11(7-10)13(12)15(16)18/h4-5,9-13H,1,6-7H2,2-3H3. The Morgan fingerprint density at radius 3 is 2.28 bits per heavy atom. The minimum atomic E-state index is -0.0694. The van der Waals surface area contributed by atoms with Gasteiger partial charge in [-0.1, -0.05) is 17.7 Å². The molecule has 3 aliphatic rings. The number of nitrogens with zero attached hydrogens (tertiary/aromatic N) is 1. The first-order valence-electron chi connectivity index (χ1n) is 6.70. The number of allylic oxidation sites excluding steroid dienone is 2. The molecule has 3 nitrogen and oxygen atoms in total. The lowest BCUT2D eigenvalue weighted by atomic mass is 9.85. The summed E-state index contributed by atoms with van der Waals surface area (Å²) in [6, 6.07) is -0.0486. The Balaban J connectivity index is 1.86. The maximum atomic E-state index is 12.5. The molecule has 5 atom stereocenters. The first-order chi connectivity index (χ1) is 8.50. The second kappa shape index (κ2) is 3.81. The van der Waals surface area contributed by atoms with Gasteiger partial charge in [0.1, 0.15) is 0 Å². The van der Waals surface area contributed by atoms with Crippen molar-refractivity contribution in [1.29, 1.82) is 0 Å². The van der Waals surface area contributed by atoms with Crippen LogP contribution in [0.15, 0.2) is 24.3 Å². The number of hydrogen-bond acceptors (Lipinski definition) is 2. The van der Waals surface area contributed by atoms with Gasteiger partial charge in [0.05, 0.1) is 11.8 Å². The predicted octanol–water partition coefficient (Wildman–Crippen LogP) is 2.15. The third kappa shape index (κ3) is 1.43. The fraction of sp³-hybridized carbons (Fsp3) is 0.600. The summed E-state index contributed by atoms with van der Waals surface area (Å²) in [5.74, 6) is 0.572. The first-order valence-corrected chi connectivity index (χ1v) is 6.70.